The molecule has 0 saturated heterocycles. The minimum atomic E-state index is -0.211. The maximum Gasteiger partial charge on any atom is 0.147 e. The third kappa shape index (κ3) is 4.35. The van der Waals surface area contributed by atoms with Crippen LogP contribution in [0, 0.1) is 5.82 Å². The van der Waals surface area contributed by atoms with Crippen LogP contribution >= 0.6 is 15.9 Å². The van der Waals surface area contributed by atoms with Crippen molar-refractivity contribution in [2.45, 2.75) is 19.3 Å². The van der Waals surface area contributed by atoms with E-state index in [1.807, 2.05) is 12.1 Å². The zero-order valence-corrected chi connectivity index (χ0v) is 12.3. The Kier molecular flexibility index (Phi) is 5.40. The molecule has 0 amide bonds. The number of anilines is 1. The van der Waals surface area contributed by atoms with Crippen LogP contribution in [0.1, 0.15) is 18.4 Å². The second kappa shape index (κ2) is 7.29. The van der Waals surface area contributed by atoms with E-state index < -0.39 is 0 Å². The Morgan fingerprint density at radius 1 is 0.947 bits per heavy atom. The molecular formula is C16H17BrFN. The lowest BCUT2D eigenvalue weighted by Gasteiger charge is -2.09. The number of aryl methyl sites for hydroxylation is 1. The first-order chi connectivity index (χ1) is 9.27. The molecule has 19 heavy (non-hydrogen) atoms. The van der Waals surface area contributed by atoms with Gasteiger partial charge in [0.15, 0.2) is 0 Å². The molecule has 0 spiro atoms. The number of para-hydroxylation sites is 1. The summed E-state index contributed by atoms with van der Waals surface area (Å²) < 4.78 is 14.3. The number of nitrogens with one attached hydrogen (secondary N) is 1. The first-order valence-electron chi connectivity index (χ1n) is 6.49. The lowest BCUT2D eigenvalue weighted by atomic mass is 10.1. The van der Waals surface area contributed by atoms with Gasteiger partial charge in [-0.1, -0.05) is 36.4 Å². The van der Waals surface area contributed by atoms with E-state index in [2.05, 4.69) is 45.5 Å². The Bertz CT molecular complexity index is 493. The van der Waals surface area contributed by atoms with Crippen molar-refractivity contribution in [2.24, 2.45) is 0 Å². The molecule has 1 N–H and O–H groups in total. The van der Waals surface area contributed by atoms with Gasteiger partial charge in [0.25, 0.3) is 0 Å². The maximum absolute atomic E-state index is 13.5. The fraction of sp³-hybridized carbons (Fsp3) is 0.250. The van der Waals surface area contributed by atoms with Crippen molar-refractivity contribution >= 4 is 21.6 Å². The minimum absolute atomic E-state index is 0.211. The van der Waals surface area contributed by atoms with Gasteiger partial charge in [0.1, 0.15) is 5.82 Å². The molecule has 0 fully saturated rings. The molecule has 2 aromatic carbocycles. The number of rotatable bonds is 6. The van der Waals surface area contributed by atoms with Gasteiger partial charge in [0.05, 0.1) is 5.69 Å². The predicted molar refractivity (Wildman–Crippen MR) is 82.0 cm³/mol. The first-order valence-corrected chi connectivity index (χ1v) is 7.28. The van der Waals surface area contributed by atoms with E-state index in [4.69, 9.17) is 0 Å². The highest BCUT2D eigenvalue weighted by Gasteiger charge is 2.04. The summed E-state index contributed by atoms with van der Waals surface area (Å²) in [7, 11) is 0. The van der Waals surface area contributed by atoms with Gasteiger partial charge in [-0.25, -0.2) is 4.39 Å². The molecule has 0 saturated carbocycles. The standard InChI is InChI=1S/C16H17BrFN/c17-14-10-6-11-15(18)16(14)19-12-5-4-9-13-7-2-1-3-8-13/h1-3,6-8,10-11,19H,4-5,9,12H2. The van der Waals surface area contributed by atoms with Crippen molar-refractivity contribution in [3.8, 4) is 0 Å². The van der Waals surface area contributed by atoms with E-state index in [9.17, 15) is 4.39 Å². The molecule has 0 unspecified atom stereocenters. The molecule has 100 valence electrons. The van der Waals surface area contributed by atoms with Crippen LogP contribution in [0.15, 0.2) is 53.0 Å². The van der Waals surface area contributed by atoms with E-state index in [-0.39, 0.29) is 5.82 Å². The van der Waals surface area contributed by atoms with Crippen molar-refractivity contribution in [2.75, 3.05) is 11.9 Å². The highest BCUT2D eigenvalue weighted by Crippen LogP contribution is 2.25. The number of benzene rings is 2. The summed E-state index contributed by atoms with van der Waals surface area (Å²) in [6, 6.07) is 15.4. The van der Waals surface area contributed by atoms with Gasteiger partial charge < -0.3 is 5.32 Å². The van der Waals surface area contributed by atoms with Crippen LogP contribution < -0.4 is 5.32 Å². The zero-order valence-electron chi connectivity index (χ0n) is 10.7. The second-order valence-corrected chi connectivity index (χ2v) is 5.32. The van der Waals surface area contributed by atoms with Crippen LogP contribution in [0.3, 0.4) is 0 Å². The van der Waals surface area contributed by atoms with Gasteiger partial charge in [0.2, 0.25) is 0 Å². The molecule has 0 aromatic heterocycles. The molecule has 0 heterocycles. The molecule has 2 rings (SSSR count). The van der Waals surface area contributed by atoms with Gasteiger partial charge in [-0.15, -0.1) is 0 Å². The smallest absolute Gasteiger partial charge is 0.147 e. The summed E-state index contributed by atoms with van der Waals surface area (Å²) in [6.45, 7) is 0.784. The van der Waals surface area contributed by atoms with E-state index in [1.54, 1.807) is 6.07 Å². The summed E-state index contributed by atoms with van der Waals surface area (Å²) in [5.41, 5.74) is 1.91. The lowest BCUT2D eigenvalue weighted by Crippen LogP contribution is -2.04. The highest BCUT2D eigenvalue weighted by molar-refractivity contribution is 9.10. The minimum Gasteiger partial charge on any atom is -0.382 e. The van der Waals surface area contributed by atoms with Crippen molar-refractivity contribution < 1.29 is 4.39 Å². The monoisotopic (exact) mass is 321 g/mol. The average molecular weight is 322 g/mol. The molecule has 0 aliphatic heterocycles. The summed E-state index contributed by atoms with van der Waals surface area (Å²) in [5.74, 6) is -0.211. The Labute approximate surface area is 122 Å². The second-order valence-electron chi connectivity index (χ2n) is 4.47. The predicted octanol–water partition coefficient (Wildman–Crippen LogP) is 5.02. The third-order valence-corrected chi connectivity index (χ3v) is 3.66. The molecule has 0 radical (unpaired) electrons. The van der Waals surface area contributed by atoms with Crippen LogP contribution in [0.5, 0.6) is 0 Å². The van der Waals surface area contributed by atoms with Crippen LogP contribution in [-0.4, -0.2) is 6.54 Å². The quantitative estimate of drug-likeness (QED) is 0.736. The number of hydrogen-bond acceptors (Lipinski definition) is 1. The highest BCUT2D eigenvalue weighted by atomic mass is 79.9. The van der Waals surface area contributed by atoms with E-state index in [1.165, 1.54) is 11.6 Å². The molecule has 2 aromatic rings. The average Bonchev–Trinajstić information content (AvgIpc) is 2.42. The van der Waals surface area contributed by atoms with Gasteiger partial charge in [-0.2, -0.15) is 0 Å². The fourth-order valence-corrected chi connectivity index (χ4v) is 2.46. The van der Waals surface area contributed by atoms with Gasteiger partial charge in [-0.3, -0.25) is 0 Å². The Balaban J connectivity index is 1.73. The topological polar surface area (TPSA) is 12.0 Å². The van der Waals surface area contributed by atoms with Crippen molar-refractivity contribution in [3.05, 3.63) is 64.4 Å². The summed E-state index contributed by atoms with van der Waals surface area (Å²) >= 11 is 3.35. The Hall–Kier alpha value is -1.35. The molecule has 3 heteroatoms. The molecular weight excluding hydrogens is 305 g/mol. The number of halogens is 2. The van der Waals surface area contributed by atoms with Crippen molar-refractivity contribution in [1.29, 1.82) is 0 Å². The SMILES string of the molecule is Fc1cccc(Br)c1NCCCCc1ccccc1. The van der Waals surface area contributed by atoms with E-state index >= 15 is 0 Å². The molecule has 1 nitrogen and oxygen atoms in total. The fourth-order valence-electron chi connectivity index (χ4n) is 1.98. The molecule has 0 aliphatic carbocycles. The largest absolute Gasteiger partial charge is 0.382 e. The van der Waals surface area contributed by atoms with E-state index in [0.717, 1.165) is 30.3 Å². The number of hydrogen-bond donors (Lipinski definition) is 1. The van der Waals surface area contributed by atoms with Gasteiger partial charge in [0, 0.05) is 11.0 Å². The maximum atomic E-state index is 13.5. The summed E-state index contributed by atoms with van der Waals surface area (Å²) in [5, 5.41) is 3.15. The van der Waals surface area contributed by atoms with Crippen molar-refractivity contribution in [1.82, 2.24) is 0 Å². The summed E-state index contributed by atoms with van der Waals surface area (Å²) in [4.78, 5) is 0. The molecule has 0 bridgehead atoms. The third-order valence-electron chi connectivity index (χ3n) is 3.00. The van der Waals surface area contributed by atoms with Crippen LogP contribution in [0.25, 0.3) is 0 Å². The molecule has 0 atom stereocenters. The Morgan fingerprint density at radius 3 is 2.47 bits per heavy atom. The van der Waals surface area contributed by atoms with Gasteiger partial charge in [-0.05, 0) is 52.9 Å². The van der Waals surface area contributed by atoms with E-state index in [0.29, 0.717) is 5.69 Å². The normalized spacial score (nSPS) is 10.4. The number of unbranched alkanes of at least 4 members (excludes halogenated alkanes) is 1. The van der Waals surface area contributed by atoms with Crippen LogP contribution in [-0.2, 0) is 6.42 Å². The zero-order chi connectivity index (χ0) is 13.5. The van der Waals surface area contributed by atoms with Gasteiger partial charge >= 0.3 is 0 Å². The Morgan fingerprint density at radius 2 is 1.74 bits per heavy atom. The first kappa shape index (κ1) is 14.1. The van der Waals surface area contributed by atoms with Crippen LogP contribution in [0.4, 0.5) is 10.1 Å². The van der Waals surface area contributed by atoms with Crippen molar-refractivity contribution in [3.63, 3.8) is 0 Å². The lowest BCUT2D eigenvalue weighted by molar-refractivity contribution is 0.628. The summed E-state index contributed by atoms with van der Waals surface area (Å²) in [6.07, 6.45) is 3.19. The van der Waals surface area contributed by atoms with Crippen LogP contribution in [0.2, 0.25) is 0 Å². The molecule has 0 aliphatic rings.